The first-order valence-electron chi connectivity index (χ1n) is 4.84. The van der Waals surface area contributed by atoms with Crippen molar-refractivity contribution in [1.82, 2.24) is 0 Å². The lowest BCUT2D eigenvalue weighted by Gasteiger charge is -2.11. The fourth-order valence-corrected chi connectivity index (χ4v) is 2.27. The van der Waals surface area contributed by atoms with E-state index in [4.69, 9.17) is 16.3 Å². The Morgan fingerprint density at radius 3 is 3.00 bits per heavy atom. The van der Waals surface area contributed by atoms with Crippen molar-refractivity contribution in [2.24, 2.45) is 0 Å². The minimum atomic E-state index is 0.0754. The molecule has 0 spiro atoms. The van der Waals surface area contributed by atoms with Crippen LogP contribution >= 0.6 is 11.6 Å². The van der Waals surface area contributed by atoms with Gasteiger partial charge in [-0.15, -0.1) is 0 Å². The van der Waals surface area contributed by atoms with Gasteiger partial charge in [0.15, 0.2) is 0 Å². The van der Waals surface area contributed by atoms with Crippen LogP contribution in [0.2, 0.25) is 5.02 Å². The summed E-state index contributed by atoms with van der Waals surface area (Å²) in [5, 5.41) is 9.98. The topological polar surface area (TPSA) is 29.5 Å². The molecule has 1 N–H and O–H groups in total. The van der Waals surface area contributed by atoms with Crippen molar-refractivity contribution in [2.45, 2.75) is 26.4 Å². The molecule has 14 heavy (non-hydrogen) atoms. The normalized spacial score (nSPS) is 13.9. The minimum Gasteiger partial charge on any atom is -0.491 e. The Hall–Kier alpha value is -0.730. The summed E-state index contributed by atoms with van der Waals surface area (Å²) in [6.45, 7) is 2.81. The molecule has 0 radical (unpaired) electrons. The van der Waals surface area contributed by atoms with Crippen LogP contribution in [0.15, 0.2) is 6.07 Å². The van der Waals surface area contributed by atoms with E-state index in [1.54, 1.807) is 0 Å². The van der Waals surface area contributed by atoms with Gasteiger partial charge in [-0.25, -0.2) is 0 Å². The quantitative estimate of drug-likeness (QED) is 0.816. The summed E-state index contributed by atoms with van der Waals surface area (Å²) in [7, 11) is 0. The van der Waals surface area contributed by atoms with Crippen LogP contribution in [-0.4, -0.2) is 11.7 Å². The van der Waals surface area contributed by atoms with E-state index in [1.807, 2.05) is 6.07 Å². The number of hydrogen-bond donors (Lipinski definition) is 1. The van der Waals surface area contributed by atoms with Crippen molar-refractivity contribution in [2.75, 3.05) is 6.61 Å². The highest BCUT2D eigenvalue weighted by Gasteiger charge is 2.21. The van der Waals surface area contributed by atoms with Crippen molar-refractivity contribution in [3.63, 3.8) is 0 Å². The SMILES string of the molecule is CCc1cc(Cl)c2c(c1CO)CCO2. The third-order valence-electron chi connectivity index (χ3n) is 2.68. The van der Waals surface area contributed by atoms with Gasteiger partial charge in [-0.1, -0.05) is 18.5 Å². The molecule has 1 aromatic carbocycles. The lowest BCUT2D eigenvalue weighted by Crippen LogP contribution is -1.98. The first-order valence-corrected chi connectivity index (χ1v) is 5.22. The molecular weight excluding hydrogens is 200 g/mol. The summed E-state index contributed by atoms with van der Waals surface area (Å²) in [6.07, 6.45) is 1.75. The molecule has 0 aliphatic carbocycles. The van der Waals surface area contributed by atoms with Crippen molar-refractivity contribution in [3.8, 4) is 5.75 Å². The van der Waals surface area contributed by atoms with Gasteiger partial charge in [-0.2, -0.15) is 0 Å². The monoisotopic (exact) mass is 212 g/mol. The number of hydrogen-bond acceptors (Lipinski definition) is 2. The van der Waals surface area contributed by atoms with Crippen LogP contribution in [0.3, 0.4) is 0 Å². The van der Waals surface area contributed by atoms with E-state index < -0.39 is 0 Å². The van der Waals surface area contributed by atoms with Crippen molar-refractivity contribution >= 4 is 11.6 Å². The average Bonchev–Trinajstić information content (AvgIpc) is 2.66. The predicted molar refractivity (Wildman–Crippen MR) is 56.0 cm³/mol. The Morgan fingerprint density at radius 2 is 2.36 bits per heavy atom. The molecule has 2 rings (SSSR count). The van der Waals surface area contributed by atoms with Gasteiger partial charge in [-0.05, 0) is 23.6 Å². The standard InChI is InChI=1S/C11H13ClO2/c1-2-7-5-10(12)11-8(3-4-14-11)9(7)6-13/h5,13H,2-4,6H2,1H3. The molecule has 0 aromatic heterocycles. The summed E-state index contributed by atoms with van der Waals surface area (Å²) in [6, 6.07) is 1.90. The number of ether oxygens (including phenoxy) is 1. The smallest absolute Gasteiger partial charge is 0.141 e. The molecule has 1 aliphatic heterocycles. The molecule has 0 saturated carbocycles. The van der Waals surface area contributed by atoms with E-state index in [0.29, 0.717) is 11.6 Å². The number of rotatable bonds is 2. The highest BCUT2D eigenvalue weighted by Crippen LogP contribution is 2.38. The maximum Gasteiger partial charge on any atom is 0.141 e. The van der Waals surface area contributed by atoms with E-state index in [9.17, 15) is 5.11 Å². The molecule has 1 heterocycles. The van der Waals surface area contributed by atoms with Gasteiger partial charge in [0.2, 0.25) is 0 Å². The Balaban J connectivity index is 2.62. The molecule has 0 atom stereocenters. The molecule has 0 bridgehead atoms. The van der Waals surface area contributed by atoms with Crippen LogP contribution in [0.1, 0.15) is 23.6 Å². The third-order valence-corrected chi connectivity index (χ3v) is 2.96. The Bertz CT molecular complexity index is 361. The predicted octanol–water partition coefficient (Wildman–Crippen LogP) is 2.33. The average molecular weight is 213 g/mol. The summed E-state index contributed by atoms with van der Waals surface area (Å²) in [5.41, 5.74) is 3.23. The number of fused-ring (bicyclic) bond motifs is 1. The van der Waals surface area contributed by atoms with E-state index >= 15 is 0 Å². The van der Waals surface area contributed by atoms with Gasteiger partial charge in [0, 0.05) is 12.0 Å². The van der Waals surface area contributed by atoms with Crippen LogP contribution in [-0.2, 0) is 19.4 Å². The fourth-order valence-electron chi connectivity index (χ4n) is 1.97. The van der Waals surface area contributed by atoms with Crippen LogP contribution < -0.4 is 4.74 Å². The van der Waals surface area contributed by atoms with Crippen LogP contribution in [0.4, 0.5) is 0 Å². The molecule has 3 heteroatoms. The van der Waals surface area contributed by atoms with Crippen LogP contribution in [0.5, 0.6) is 5.75 Å². The summed E-state index contributed by atoms with van der Waals surface area (Å²) in [5.74, 6) is 0.771. The molecule has 1 aromatic rings. The Labute approximate surface area is 88.5 Å². The zero-order chi connectivity index (χ0) is 10.1. The summed E-state index contributed by atoms with van der Waals surface area (Å²) in [4.78, 5) is 0. The second-order valence-corrected chi connectivity index (χ2v) is 3.82. The van der Waals surface area contributed by atoms with Crippen LogP contribution in [0, 0.1) is 0 Å². The third kappa shape index (κ3) is 1.39. The molecule has 0 unspecified atom stereocenters. The highest BCUT2D eigenvalue weighted by atomic mass is 35.5. The number of halogens is 1. The first kappa shape index (κ1) is 9.81. The molecule has 1 aliphatic rings. The largest absolute Gasteiger partial charge is 0.491 e. The number of aliphatic hydroxyl groups is 1. The lowest BCUT2D eigenvalue weighted by molar-refractivity contribution is 0.279. The first-order chi connectivity index (χ1) is 6.77. The van der Waals surface area contributed by atoms with Crippen molar-refractivity contribution in [1.29, 1.82) is 0 Å². The van der Waals surface area contributed by atoms with Gasteiger partial charge in [0.05, 0.1) is 18.2 Å². The zero-order valence-electron chi connectivity index (χ0n) is 8.14. The number of aliphatic hydroxyl groups excluding tert-OH is 1. The van der Waals surface area contributed by atoms with Gasteiger partial charge in [0.25, 0.3) is 0 Å². The highest BCUT2D eigenvalue weighted by molar-refractivity contribution is 6.32. The second kappa shape index (κ2) is 3.79. The Morgan fingerprint density at radius 1 is 1.57 bits per heavy atom. The van der Waals surface area contributed by atoms with E-state index in [0.717, 1.165) is 35.3 Å². The molecule has 0 amide bonds. The molecule has 0 saturated heterocycles. The van der Waals surface area contributed by atoms with Gasteiger partial charge in [0.1, 0.15) is 5.75 Å². The van der Waals surface area contributed by atoms with Gasteiger partial charge in [-0.3, -0.25) is 0 Å². The van der Waals surface area contributed by atoms with E-state index in [1.165, 1.54) is 0 Å². The van der Waals surface area contributed by atoms with Gasteiger partial charge < -0.3 is 9.84 Å². The van der Waals surface area contributed by atoms with E-state index in [-0.39, 0.29) is 6.61 Å². The summed E-state index contributed by atoms with van der Waals surface area (Å²) >= 11 is 6.08. The maximum atomic E-state index is 9.31. The molecule has 2 nitrogen and oxygen atoms in total. The number of aryl methyl sites for hydroxylation is 1. The lowest BCUT2D eigenvalue weighted by atomic mass is 9.98. The molecule has 0 fully saturated rings. The molecular formula is C11H13ClO2. The molecule has 76 valence electrons. The summed E-state index contributed by atoms with van der Waals surface area (Å²) < 4.78 is 5.43. The van der Waals surface area contributed by atoms with Gasteiger partial charge >= 0.3 is 0 Å². The van der Waals surface area contributed by atoms with E-state index in [2.05, 4.69) is 6.92 Å². The minimum absolute atomic E-state index is 0.0754. The second-order valence-electron chi connectivity index (χ2n) is 3.41. The zero-order valence-corrected chi connectivity index (χ0v) is 8.90. The maximum absolute atomic E-state index is 9.31. The van der Waals surface area contributed by atoms with Crippen molar-refractivity contribution in [3.05, 3.63) is 27.8 Å². The fraction of sp³-hybridized carbons (Fsp3) is 0.455. The van der Waals surface area contributed by atoms with Crippen molar-refractivity contribution < 1.29 is 9.84 Å². The Kier molecular flexibility index (Phi) is 2.66. The number of benzene rings is 1. The van der Waals surface area contributed by atoms with Crippen LogP contribution in [0.25, 0.3) is 0 Å².